The average molecular weight is 310 g/mol. The molecule has 0 saturated carbocycles. The fourth-order valence-electron chi connectivity index (χ4n) is 1.75. The quantitative estimate of drug-likeness (QED) is 0.851. The Morgan fingerprint density at radius 3 is 2.85 bits per heavy atom. The Morgan fingerprint density at radius 1 is 1.40 bits per heavy atom. The smallest absolute Gasteiger partial charge is 0.154 e. The van der Waals surface area contributed by atoms with Crippen LogP contribution in [0.25, 0.3) is 0 Å². The summed E-state index contributed by atoms with van der Waals surface area (Å²) in [4.78, 5) is 5.51. The first-order valence-electron chi connectivity index (χ1n) is 6.63. The number of aromatic nitrogens is 1. The molecule has 2 rings (SSSR count). The number of benzene rings is 1. The summed E-state index contributed by atoms with van der Waals surface area (Å²) in [5.74, 6) is 0.396. The molecule has 2 nitrogen and oxygen atoms in total. The van der Waals surface area contributed by atoms with Gasteiger partial charge in [0.2, 0.25) is 0 Å². The number of hydrogen-bond acceptors (Lipinski definition) is 4. The van der Waals surface area contributed by atoms with Gasteiger partial charge in [0.25, 0.3) is 0 Å². The van der Waals surface area contributed by atoms with Crippen LogP contribution in [0, 0.1) is 18.7 Å². The fourth-order valence-corrected chi connectivity index (χ4v) is 3.66. The number of rotatable bonds is 6. The van der Waals surface area contributed by atoms with Gasteiger partial charge in [-0.3, -0.25) is 0 Å². The van der Waals surface area contributed by atoms with Crippen molar-refractivity contribution in [3.05, 3.63) is 40.7 Å². The SMILES string of the molecule is Cc1csc(Sc2ccc(F)cc2CNCC(C)C)n1. The minimum absolute atomic E-state index is 0.189. The highest BCUT2D eigenvalue weighted by molar-refractivity contribution is 8.01. The molecule has 2 aromatic rings. The van der Waals surface area contributed by atoms with E-state index in [-0.39, 0.29) is 5.82 Å². The Morgan fingerprint density at radius 2 is 2.20 bits per heavy atom. The molecule has 0 aliphatic carbocycles. The predicted molar refractivity (Wildman–Crippen MR) is 83.9 cm³/mol. The Hall–Kier alpha value is -0.910. The minimum Gasteiger partial charge on any atom is -0.312 e. The van der Waals surface area contributed by atoms with Gasteiger partial charge in [-0.05, 0) is 43.1 Å². The number of hydrogen-bond donors (Lipinski definition) is 1. The van der Waals surface area contributed by atoms with Crippen LogP contribution >= 0.6 is 23.1 Å². The molecule has 0 unspecified atom stereocenters. The highest BCUT2D eigenvalue weighted by Gasteiger charge is 2.08. The summed E-state index contributed by atoms with van der Waals surface area (Å²) in [5, 5.41) is 5.39. The zero-order chi connectivity index (χ0) is 14.5. The molecule has 1 heterocycles. The Kier molecular flexibility index (Phi) is 5.57. The zero-order valence-electron chi connectivity index (χ0n) is 11.9. The van der Waals surface area contributed by atoms with Crippen molar-refractivity contribution >= 4 is 23.1 Å². The van der Waals surface area contributed by atoms with Crippen LogP contribution in [0.4, 0.5) is 4.39 Å². The molecule has 1 aromatic carbocycles. The molecule has 108 valence electrons. The number of halogens is 1. The fraction of sp³-hybridized carbons (Fsp3) is 0.400. The molecule has 5 heteroatoms. The highest BCUT2D eigenvalue weighted by atomic mass is 32.2. The molecule has 1 aromatic heterocycles. The molecule has 0 aliphatic heterocycles. The van der Waals surface area contributed by atoms with Gasteiger partial charge in [-0.2, -0.15) is 0 Å². The lowest BCUT2D eigenvalue weighted by molar-refractivity contribution is 0.547. The van der Waals surface area contributed by atoms with E-state index >= 15 is 0 Å². The van der Waals surface area contributed by atoms with E-state index in [1.165, 1.54) is 6.07 Å². The molecular formula is C15H19FN2S2. The number of thiazole rings is 1. The second-order valence-corrected chi connectivity index (χ2v) is 7.28. The molecule has 0 radical (unpaired) electrons. The van der Waals surface area contributed by atoms with Crippen LogP contribution in [0.3, 0.4) is 0 Å². The second kappa shape index (κ2) is 7.20. The molecule has 0 spiro atoms. The summed E-state index contributed by atoms with van der Waals surface area (Å²) < 4.78 is 14.4. The Labute approximate surface area is 127 Å². The van der Waals surface area contributed by atoms with Crippen LogP contribution in [0.1, 0.15) is 25.1 Å². The third-order valence-corrected chi connectivity index (χ3v) is 4.86. The maximum Gasteiger partial charge on any atom is 0.154 e. The summed E-state index contributed by atoms with van der Waals surface area (Å²) >= 11 is 3.23. The van der Waals surface area contributed by atoms with Crippen molar-refractivity contribution < 1.29 is 4.39 Å². The van der Waals surface area contributed by atoms with Gasteiger partial charge < -0.3 is 5.32 Å². The van der Waals surface area contributed by atoms with Gasteiger partial charge in [0.1, 0.15) is 5.82 Å². The number of nitrogens with zero attached hydrogens (tertiary/aromatic N) is 1. The van der Waals surface area contributed by atoms with Gasteiger partial charge in [0, 0.05) is 22.5 Å². The van der Waals surface area contributed by atoms with Crippen LogP contribution in [-0.4, -0.2) is 11.5 Å². The summed E-state index contributed by atoms with van der Waals surface area (Å²) in [6.07, 6.45) is 0. The van der Waals surface area contributed by atoms with Crippen molar-refractivity contribution in [2.24, 2.45) is 5.92 Å². The standard InChI is InChI=1S/C15H19FN2S2/c1-10(2)7-17-8-12-6-13(16)4-5-14(12)20-15-18-11(3)9-19-15/h4-6,9-10,17H,7-8H2,1-3H3. The summed E-state index contributed by atoms with van der Waals surface area (Å²) in [6.45, 7) is 7.91. The molecule has 1 N–H and O–H groups in total. The van der Waals surface area contributed by atoms with Crippen molar-refractivity contribution in [2.45, 2.75) is 36.6 Å². The van der Waals surface area contributed by atoms with Gasteiger partial charge in [0.05, 0.1) is 0 Å². The summed E-state index contributed by atoms with van der Waals surface area (Å²) in [5.41, 5.74) is 2.02. The first-order chi connectivity index (χ1) is 9.54. The van der Waals surface area contributed by atoms with Crippen molar-refractivity contribution in [3.63, 3.8) is 0 Å². The molecule has 0 bridgehead atoms. The van der Waals surface area contributed by atoms with Crippen LogP contribution < -0.4 is 5.32 Å². The van der Waals surface area contributed by atoms with E-state index in [1.807, 2.05) is 18.4 Å². The maximum atomic E-state index is 13.4. The molecule has 0 atom stereocenters. The normalized spacial score (nSPS) is 11.2. The molecule has 20 heavy (non-hydrogen) atoms. The highest BCUT2D eigenvalue weighted by Crippen LogP contribution is 2.33. The van der Waals surface area contributed by atoms with E-state index in [9.17, 15) is 4.39 Å². The predicted octanol–water partition coefficient (Wildman–Crippen LogP) is 4.49. The number of aryl methyl sites for hydroxylation is 1. The van der Waals surface area contributed by atoms with E-state index in [0.29, 0.717) is 12.5 Å². The van der Waals surface area contributed by atoms with E-state index in [0.717, 1.165) is 27.0 Å². The molecule has 0 saturated heterocycles. The van der Waals surface area contributed by atoms with Crippen LogP contribution in [-0.2, 0) is 6.54 Å². The van der Waals surface area contributed by atoms with E-state index in [1.54, 1.807) is 29.2 Å². The molecule has 0 amide bonds. The first-order valence-corrected chi connectivity index (χ1v) is 8.33. The molecular weight excluding hydrogens is 291 g/mol. The lowest BCUT2D eigenvalue weighted by atomic mass is 10.2. The Bertz CT molecular complexity index is 567. The van der Waals surface area contributed by atoms with E-state index in [2.05, 4.69) is 24.1 Å². The minimum atomic E-state index is -0.189. The van der Waals surface area contributed by atoms with Gasteiger partial charge in [-0.1, -0.05) is 25.6 Å². The Balaban J connectivity index is 2.10. The molecule has 0 fully saturated rings. The van der Waals surface area contributed by atoms with E-state index in [4.69, 9.17) is 0 Å². The summed E-state index contributed by atoms with van der Waals surface area (Å²) in [7, 11) is 0. The largest absolute Gasteiger partial charge is 0.312 e. The molecule has 0 aliphatic rings. The van der Waals surface area contributed by atoms with E-state index < -0.39 is 0 Å². The van der Waals surface area contributed by atoms with Crippen LogP contribution in [0.2, 0.25) is 0 Å². The topological polar surface area (TPSA) is 24.9 Å². The third kappa shape index (κ3) is 4.58. The van der Waals surface area contributed by atoms with Crippen LogP contribution in [0.15, 0.2) is 32.8 Å². The van der Waals surface area contributed by atoms with Crippen molar-refractivity contribution in [3.8, 4) is 0 Å². The van der Waals surface area contributed by atoms with Gasteiger partial charge in [0.15, 0.2) is 4.34 Å². The van der Waals surface area contributed by atoms with Gasteiger partial charge in [-0.15, -0.1) is 11.3 Å². The van der Waals surface area contributed by atoms with Gasteiger partial charge in [-0.25, -0.2) is 9.37 Å². The zero-order valence-corrected chi connectivity index (χ0v) is 13.6. The van der Waals surface area contributed by atoms with Crippen LogP contribution in [0.5, 0.6) is 0 Å². The second-order valence-electron chi connectivity index (χ2n) is 5.13. The van der Waals surface area contributed by atoms with Crippen molar-refractivity contribution in [1.82, 2.24) is 10.3 Å². The third-order valence-electron chi connectivity index (χ3n) is 2.69. The lowest BCUT2D eigenvalue weighted by Crippen LogP contribution is -2.19. The lowest BCUT2D eigenvalue weighted by Gasteiger charge is -2.11. The van der Waals surface area contributed by atoms with Crippen molar-refractivity contribution in [1.29, 1.82) is 0 Å². The van der Waals surface area contributed by atoms with Gasteiger partial charge >= 0.3 is 0 Å². The maximum absolute atomic E-state index is 13.4. The first kappa shape index (κ1) is 15.5. The summed E-state index contributed by atoms with van der Waals surface area (Å²) in [6, 6.07) is 4.95. The monoisotopic (exact) mass is 310 g/mol. The number of nitrogens with one attached hydrogen (secondary N) is 1. The van der Waals surface area contributed by atoms with Crippen molar-refractivity contribution in [2.75, 3.05) is 6.54 Å². The average Bonchev–Trinajstić information content (AvgIpc) is 2.78.